The van der Waals surface area contributed by atoms with Crippen molar-refractivity contribution in [1.29, 1.82) is 0 Å². The Labute approximate surface area is 124 Å². The van der Waals surface area contributed by atoms with E-state index in [4.69, 9.17) is 10.8 Å². The molecule has 0 saturated carbocycles. The molecule has 1 aromatic carbocycles. The van der Waals surface area contributed by atoms with Gasteiger partial charge in [-0.15, -0.1) is 0 Å². The van der Waals surface area contributed by atoms with Crippen LogP contribution in [0.3, 0.4) is 0 Å². The van der Waals surface area contributed by atoms with Crippen molar-refractivity contribution < 1.29 is 0 Å². The monoisotopic (exact) mass is 278 g/mol. The summed E-state index contributed by atoms with van der Waals surface area (Å²) in [5.41, 5.74) is 6.17. The molecule has 4 nitrogen and oxygen atoms in total. The highest BCUT2D eigenvalue weighted by Gasteiger charge is 2.10. The summed E-state index contributed by atoms with van der Waals surface area (Å²) in [5.74, 6) is 5.69. The summed E-state index contributed by atoms with van der Waals surface area (Å²) in [6, 6.07) is 16.5. The van der Waals surface area contributed by atoms with E-state index in [0.29, 0.717) is 0 Å². The van der Waals surface area contributed by atoms with E-state index in [9.17, 15) is 0 Å². The molecule has 4 heteroatoms. The molecule has 0 bridgehead atoms. The number of fused-ring (bicyclic) bond motifs is 1. The number of aromatic nitrogens is 2. The summed E-state index contributed by atoms with van der Waals surface area (Å²) in [5, 5.41) is 1.16. The molecule has 2 heterocycles. The Balaban J connectivity index is 1.76. The van der Waals surface area contributed by atoms with Gasteiger partial charge in [0.2, 0.25) is 0 Å². The van der Waals surface area contributed by atoms with E-state index in [0.717, 1.165) is 29.4 Å². The highest BCUT2D eigenvalue weighted by Crippen LogP contribution is 2.13. The first-order valence-corrected chi connectivity index (χ1v) is 7.05. The van der Waals surface area contributed by atoms with Gasteiger partial charge in [0.05, 0.1) is 5.52 Å². The molecule has 0 aliphatic heterocycles. The van der Waals surface area contributed by atoms with Crippen molar-refractivity contribution in [2.24, 2.45) is 5.84 Å². The number of hydrogen-bond donors (Lipinski definition) is 2. The van der Waals surface area contributed by atoms with Crippen LogP contribution in [0.15, 0.2) is 60.9 Å². The van der Waals surface area contributed by atoms with E-state index in [1.165, 1.54) is 5.56 Å². The lowest BCUT2D eigenvalue weighted by Crippen LogP contribution is -2.38. The predicted molar refractivity (Wildman–Crippen MR) is 84.5 cm³/mol. The van der Waals surface area contributed by atoms with Gasteiger partial charge in [-0.1, -0.05) is 24.3 Å². The quantitative estimate of drug-likeness (QED) is 0.555. The maximum Gasteiger partial charge on any atom is 0.0705 e. The second kappa shape index (κ2) is 6.43. The predicted octanol–water partition coefficient (Wildman–Crippen LogP) is 2.25. The van der Waals surface area contributed by atoms with E-state index < -0.39 is 0 Å². The first kappa shape index (κ1) is 13.7. The third-order valence-electron chi connectivity index (χ3n) is 3.58. The zero-order valence-electron chi connectivity index (χ0n) is 11.7. The van der Waals surface area contributed by atoms with Crippen molar-refractivity contribution in [2.75, 3.05) is 0 Å². The smallest absolute Gasteiger partial charge is 0.0705 e. The van der Waals surface area contributed by atoms with E-state index in [1.807, 2.05) is 30.3 Å². The largest absolute Gasteiger partial charge is 0.271 e. The van der Waals surface area contributed by atoms with Crippen molar-refractivity contribution >= 4 is 10.9 Å². The maximum atomic E-state index is 5.69. The van der Waals surface area contributed by atoms with E-state index >= 15 is 0 Å². The third-order valence-corrected chi connectivity index (χ3v) is 3.58. The lowest BCUT2D eigenvalue weighted by atomic mass is 10.0. The van der Waals surface area contributed by atoms with Crippen molar-refractivity contribution in [3.63, 3.8) is 0 Å². The van der Waals surface area contributed by atoms with Crippen molar-refractivity contribution in [3.8, 4) is 0 Å². The molecule has 0 aliphatic rings. The van der Waals surface area contributed by atoms with Gasteiger partial charge in [-0.2, -0.15) is 0 Å². The summed E-state index contributed by atoms with van der Waals surface area (Å²) in [6.45, 7) is 0. The second-order valence-electron chi connectivity index (χ2n) is 5.12. The Morgan fingerprint density at radius 2 is 1.76 bits per heavy atom. The van der Waals surface area contributed by atoms with Gasteiger partial charge < -0.3 is 0 Å². The molecule has 0 radical (unpaired) electrons. The zero-order valence-corrected chi connectivity index (χ0v) is 11.7. The summed E-state index contributed by atoms with van der Waals surface area (Å²) < 4.78 is 0. The third kappa shape index (κ3) is 3.42. The molecule has 0 fully saturated rings. The van der Waals surface area contributed by atoms with Crippen molar-refractivity contribution in [3.05, 3.63) is 72.2 Å². The van der Waals surface area contributed by atoms with Gasteiger partial charge in [0.1, 0.15) is 0 Å². The Morgan fingerprint density at radius 3 is 2.57 bits per heavy atom. The summed E-state index contributed by atoms with van der Waals surface area (Å²) >= 11 is 0. The fourth-order valence-electron chi connectivity index (χ4n) is 2.47. The molecule has 0 spiro atoms. The van der Waals surface area contributed by atoms with Crippen LogP contribution in [-0.2, 0) is 12.8 Å². The van der Waals surface area contributed by atoms with Crippen LogP contribution < -0.4 is 11.3 Å². The van der Waals surface area contributed by atoms with Gasteiger partial charge >= 0.3 is 0 Å². The molecule has 3 rings (SSSR count). The Kier molecular flexibility index (Phi) is 4.19. The minimum absolute atomic E-state index is 0.154. The summed E-state index contributed by atoms with van der Waals surface area (Å²) in [7, 11) is 0. The van der Waals surface area contributed by atoms with Crippen molar-refractivity contribution in [2.45, 2.75) is 18.9 Å². The van der Waals surface area contributed by atoms with Crippen LogP contribution in [0.1, 0.15) is 11.3 Å². The molecule has 3 N–H and O–H groups in total. The molecule has 106 valence electrons. The van der Waals surface area contributed by atoms with Gasteiger partial charge in [0.25, 0.3) is 0 Å². The number of hydrazine groups is 1. The van der Waals surface area contributed by atoms with E-state index in [-0.39, 0.29) is 6.04 Å². The lowest BCUT2D eigenvalue weighted by Gasteiger charge is -2.15. The number of pyridine rings is 2. The number of rotatable bonds is 5. The lowest BCUT2D eigenvalue weighted by molar-refractivity contribution is 0.518. The molecule has 3 aromatic rings. The van der Waals surface area contributed by atoms with Crippen LogP contribution in [0, 0.1) is 0 Å². The maximum absolute atomic E-state index is 5.69. The molecule has 21 heavy (non-hydrogen) atoms. The van der Waals surface area contributed by atoms with E-state index in [1.54, 1.807) is 12.4 Å². The Morgan fingerprint density at radius 1 is 0.952 bits per heavy atom. The average Bonchev–Trinajstić information content (AvgIpc) is 2.55. The van der Waals surface area contributed by atoms with Crippen LogP contribution in [-0.4, -0.2) is 16.0 Å². The summed E-state index contributed by atoms with van der Waals surface area (Å²) in [6.07, 6.45) is 5.26. The zero-order chi connectivity index (χ0) is 14.5. The molecule has 1 unspecified atom stereocenters. The molecule has 0 saturated heterocycles. The molecule has 2 aromatic heterocycles. The van der Waals surface area contributed by atoms with Crippen LogP contribution in [0.2, 0.25) is 0 Å². The van der Waals surface area contributed by atoms with Crippen LogP contribution >= 0.6 is 0 Å². The highest BCUT2D eigenvalue weighted by atomic mass is 15.2. The molecule has 1 atom stereocenters. The Hall–Kier alpha value is -2.30. The number of nitrogens with two attached hydrogens (primary N) is 1. The minimum Gasteiger partial charge on any atom is -0.271 e. The number of nitrogens with one attached hydrogen (secondary N) is 1. The van der Waals surface area contributed by atoms with Gasteiger partial charge in [-0.05, 0) is 36.2 Å². The number of benzene rings is 1. The first-order chi connectivity index (χ1) is 10.3. The summed E-state index contributed by atoms with van der Waals surface area (Å²) in [4.78, 5) is 8.73. The Bertz CT molecular complexity index is 712. The second-order valence-corrected chi connectivity index (χ2v) is 5.12. The van der Waals surface area contributed by atoms with Crippen LogP contribution in [0.25, 0.3) is 10.9 Å². The average molecular weight is 278 g/mol. The van der Waals surface area contributed by atoms with E-state index in [2.05, 4.69) is 28.6 Å². The fraction of sp³-hybridized carbons (Fsp3) is 0.176. The SMILES string of the molecule is NNC(Cc1ccncc1)Cc1ccc2ccccc2n1. The number of nitrogens with zero attached hydrogens (tertiary/aromatic N) is 2. The van der Waals surface area contributed by atoms with Crippen LogP contribution in [0.4, 0.5) is 0 Å². The van der Waals surface area contributed by atoms with Gasteiger partial charge in [-0.25, -0.2) is 0 Å². The molecule has 0 amide bonds. The van der Waals surface area contributed by atoms with Crippen LogP contribution in [0.5, 0.6) is 0 Å². The molecule has 0 aliphatic carbocycles. The minimum atomic E-state index is 0.154. The fourth-order valence-corrected chi connectivity index (χ4v) is 2.47. The van der Waals surface area contributed by atoms with Gasteiger partial charge in [-0.3, -0.25) is 21.2 Å². The van der Waals surface area contributed by atoms with Gasteiger partial charge in [0.15, 0.2) is 0 Å². The van der Waals surface area contributed by atoms with Gasteiger partial charge in [0, 0.05) is 35.9 Å². The first-order valence-electron chi connectivity index (χ1n) is 7.05. The standard InChI is InChI=1S/C17H18N4/c18-21-16(11-13-7-9-19-10-8-13)12-15-6-5-14-3-1-2-4-17(14)20-15/h1-10,16,21H,11-12,18H2. The molecular weight excluding hydrogens is 260 g/mol. The normalized spacial score (nSPS) is 12.4. The topological polar surface area (TPSA) is 63.8 Å². The van der Waals surface area contributed by atoms with Crippen molar-refractivity contribution in [1.82, 2.24) is 15.4 Å². The number of para-hydroxylation sites is 1. The highest BCUT2D eigenvalue weighted by molar-refractivity contribution is 5.78. The molecular formula is C17H18N4. The number of hydrogen-bond acceptors (Lipinski definition) is 4.